The fraction of sp³-hybridized carbons (Fsp3) is 0.606. The third kappa shape index (κ3) is 25.3. The van der Waals surface area contributed by atoms with E-state index < -0.39 is 12.1 Å². The fourth-order valence-electron chi connectivity index (χ4n) is 3.71. The van der Waals surface area contributed by atoms with Gasteiger partial charge in [-0.15, -0.1) is 0 Å². The van der Waals surface area contributed by atoms with Gasteiger partial charge < -0.3 is 15.5 Å². The number of aliphatic hydroxyl groups excluding tert-OH is 2. The maximum absolute atomic E-state index is 12.1. The standard InChI is InChI=1S/C33H55NO3/c1-3-5-7-9-11-13-15-16-17-18-19-21-23-25-27-29-33(37)34-31(30-35)32(36)28-26-24-22-20-14-12-10-8-6-4-2/h5,7,11,13,16-17,19,21,25-28,31-32,35-36H,3-4,6,8-10,12,14-15,18,20,22-24,29-30H2,1-2H3,(H,34,37)/b7-5-,13-11-,17-16-,21-19-,27-25-,28-26+. The van der Waals surface area contributed by atoms with Gasteiger partial charge in [-0.2, -0.15) is 0 Å². The average Bonchev–Trinajstić information content (AvgIpc) is 2.90. The van der Waals surface area contributed by atoms with Gasteiger partial charge in [0.1, 0.15) is 0 Å². The van der Waals surface area contributed by atoms with Crippen molar-refractivity contribution in [2.24, 2.45) is 0 Å². The average molecular weight is 514 g/mol. The van der Waals surface area contributed by atoms with Gasteiger partial charge in [0.15, 0.2) is 0 Å². The highest BCUT2D eigenvalue weighted by Gasteiger charge is 2.17. The van der Waals surface area contributed by atoms with E-state index in [2.05, 4.69) is 67.8 Å². The summed E-state index contributed by atoms with van der Waals surface area (Å²) >= 11 is 0. The number of allylic oxidation sites excluding steroid dienone is 10. The number of carbonyl (C=O) groups is 1. The molecule has 0 aliphatic heterocycles. The summed E-state index contributed by atoms with van der Waals surface area (Å²) in [6.07, 6.45) is 39.9. The molecule has 0 bridgehead atoms. The quantitative estimate of drug-likeness (QED) is 0.0903. The van der Waals surface area contributed by atoms with Crippen molar-refractivity contribution in [3.63, 3.8) is 0 Å². The Morgan fingerprint density at radius 1 is 0.676 bits per heavy atom. The van der Waals surface area contributed by atoms with E-state index in [1.165, 1.54) is 44.9 Å². The summed E-state index contributed by atoms with van der Waals surface area (Å²) in [7, 11) is 0. The Hall–Kier alpha value is -2.17. The van der Waals surface area contributed by atoms with Gasteiger partial charge in [-0.05, 0) is 44.9 Å². The van der Waals surface area contributed by atoms with Crippen molar-refractivity contribution in [3.05, 3.63) is 72.9 Å². The summed E-state index contributed by atoms with van der Waals surface area (Å²) in [5.74, 6) is -0.198. The van der Waals surface area contributed by atoms with Gasteiger partial charge in [-0.25, -0.2) is 0 Å². The molecule has 3 N–H and O–H groups in total. The molecule has 0 aromatic heterocycles. The first-order valence-electron chi connectivity index (χ1n) is 14.7. The molecule has 2 atom stereocenters. The lowest BCUT2D eigenvalue weighted by Gasteiger charge is -2.19. The van der Waals surface area contributed by atoms with Crippen LogP contribution in [0.1, 0.15) is 110 Å². The van der Waals surface area contributed by atoms with E-state index in [4.69, 9.17) is 0 Å². The molecule has 2 unspecified atom stereocenters. The lowest BCUT2D eigenvalue weighted by molar-refractivity contribution is -0.122. The molecular weight excluding hydrogens is 458 g/mol. The first-order chi connectivity index (χ1) is 18.2. The molecule has 0 radical (unpaired) electrons. The van der Waals surface area contributed by atoms with E-state index in [0.29, 0.717) is 0 Å². The molecule has 0 spiro atoms. The van der Waals surface area contributed by atoms with Crippen LogP contribution >= 0.6 is 0 Å². The van der Waals surface area contributed by atoms with Gasteiger partial charge in [0.2, 0.25) is 5.91 Å². The number of aliphatic hydroxyl groups is 2. The second-order valence-electron chi connectivity index (χ2n) is 9.45. The van der Waals surface area contributed by atoms with Crippen molar-refractivity contribution in [2.75, 3.05) is 6.61 Å². The van der Waals surface area contributed by atoms with E-state index in [1.54, 1.807) is 6.08 Å². The molecular formula is C33H55NO3. The van der Waals surface area contributed by atoms with Gasteiger partial charge in [0.25, 0.3) is 0 Å². The van der Waals surface area contributed by atoms with Crippen LogP contribution in [0.2, 0.25) is 0 Å². The molecule has 0 aliphatic rings. The Labute approximate surface area is 228 Å². The minimum Gasteiger partial charge on any atom is -0.394 e. The number of hydrogen-bond acceptors (Lipinski definition) is 3. The Morgan fingerprint density at radius 2 is 1.16 bits per heavy atom. The molecule has 0 rings (SSSR count). The molecule has 0 aromatic carbocycles. The minimum atomic E-state index is -0.878. The number of rotatable bonds is 24. The van der Waals surface area contributed by atoms with Crippen LogP contribution in [0.25, 0.3) is 0 Å². The van der Waals surface area contributed by atoms with Gasteiger partial charge in [-0.1, -0.05) is 132 Å². The van der Waals surface area contributed by atoms with Crippen LogP contribution in [0.5, 0.6) is 0 Å². The fourth-order valence-corrected chi connectivity index (χ4v) is 3.71. The maximum Gasteiger partial charge on any atom is 0.224 e. The van der Waals surface area contributed by atoms with Gasteiger partial charge in [-0.3, -0.25) is 4.79 Å². The highest BCUT2D eigenvalue weighted by molar-refractivity contribution is 5.77. The predicted molar refractivity (Wildman–Crippen MR) is 160 cm³/mol. The topological polar surface area (TPSA) is 69.6 Å². The molecule has 0 saturated heterocycles. The maximum atomic E-state index is 12.1. The van der Waals surface area contributed by atoms with E-state index in [-0.39, 0.29) is 18.9 Å². The molecule has 0 aromatic rings. The Balaban J connectivity index is 3.93. The van der Waals surface area contributed by atoms with E-state index in [9.17, 15) is 15.0 Å². The summed E-state index contributed by atoms with van der Waals surface area (Å²) in [6.45, 7) is 4.09. The highest BCUT2D eigenvalue weighted by atomic mass is 16.3. The smallest absolute Gasteiger partial charge is 0.224 e. The van der Waals surface area contributed by atoms with Crippen LogP contribution in [0.3, 0.4) is 0 Å². The summed E-state index contributed by atoms with van der Waals surface area (Å²) in [5.41, 5.74) is 0. The number of unbranched alkanes of at least 4 members (excludes halogenated alkanes) is 8. The van der Waals surface area contributed by atoms with Crippen LogP contribution in [0.15, 0.2) is 72.9 Å². The van der Waals surface area contributed by atoms with Crippen LogP contribution in [-0.4, -0.2) is 34.9 Å². The largest absolute Gasteiger partial charge is 0.394 e. The molecule has 4 heteroatoms. The number of nitrogens with one attached hydrogen (secondary N) is 1. The second kappa shape index (κ2) is 28.4. The van der Waals surface area contributed by atoms with Gasteiger partial charge in [0, 0.05) is 6.42 Å². The Bertz CT molecular complexity index is 688. The highest BCUT2D eigenvalue weighted by Crippen LogP contribution is 2.10. The van der Waals surface area contributed by atoms with E-state index in [0.717, 1.165) is 44.9 Å². The van der Waals surface area contributed by atoms with Gasteiger partial charge in [0.05, 0.1) is 18.8 Å². The van der Waals surface area contributed by atoms with Gasteiger partial charge >= 0.3 is 0 Å². The van der Waals surface area contributed by atoms with E-state index in [1.807, 2.05) is 18.2 Å². The second-order valence-corrected chi connectivity index (χ2v) is 9.45. The summed E-state index contributed by atoms with van der Waals surface area (Å²) < 4.78 is 0. The summed E-state index contributed by atoms with van der Waals surface area (Å²) in [6, 6.07) is -0.676. The molecule has 0 saturated carbocycles. The number of carbonyl (C=O) groups excluding carboxylic acids is 1. The third-order valence-corrected chi connectivity index (χ3v) is 5.97. The normalized spacial score (nSPS) is 14.4. The third-order valence-electron chi connectivity index (χ3n) is 5.97. The molecule has 0 fully saturated rings. The van der Waals surface area contributed by atoms with Crippen LogP contribution in [0, 0.1) is 0 Å². The minimum absolute atomic E-state index is 0.198. The van der Waals surface area contributed by atoms with Crippen molar-refractivity contribution in [1.29, 1.82) is 0 Å². The number of amides is 1. The molecule has 0 aliphatic carbocycles. The van der Waals surface area contributed by atoms with Crippen molar-refractivity contribution in [3.8, 4) is 0 Å². The Morgan fingerprint density at radius 3 is 1.68 bits per heavy atom. The van der Waals surface area contributed by atoms with Crippen LogP contribution < -0.4 is 5.32 Å². The van der Waals surface area contributed by atoms with Crippen LogP contribution in [0.4, 0.5) is 0 Å². The lowest BCUT2D eigenvalue weighted by atomic mass is 10.1. The zero-order chi connectivity index (χ0) is 27.2. The lowest BCUT2D eigenvalue weighted by Crippen LogP contribution is -2.44. The predicted octanol–water partition coefficient (Wildman–Crippen LogP) is 8.05. The van der Waals surface area contributed by atoms with Crippen molar-refractivity contribution >= 4 is 5.91 Å². The van der Waals surface area contributed by atoms with Crippen molar-refractivity contribution in [1.82, 2.24) is 5.32 Å². The molecule has 37 heavy (non-hydrogen) atoms. The zero-order valence-electron chi connectivity index (χ0n) is 23.7. The molecule has 0 heterocycles. The molecule has 210 valence electrons. The Kier molecular flexibility index (Phi) is 26.7. The van der Waals surface area contributed by atoms with Crippen molar-refractivity contribution in [2.45, 2.75) is 122 Å². The summed E-state index contributed by atoms with van der Waals surface area (Å²) in [4.78, 5) is 12.1. The molecule has 4 nitrogen and oxygen atoms in total. The number of hydrogen-bond donors (Lipinski definition) is 3. The molecule has 1 amide bonds. The first-order valence-corrected chi connectivity index (χ1v) is 14.7. The SMILES string of the molecule is CC/C=C\C/C=C\C/C=C\C/C=C\C/C=C\CC(=O)NC(CO)C(O)/C=C/CCCCCCCCCC. The van der Waals surface area contributed by atoms with Crippen molar-refractivity contribution < 1.29 is 15.0 Å². The van der Waals surface area contributed by atoms with E-state index >= 15 is 0 Å². The zero-order valence-corrected chi connectivity index (χ0v) is 23.7. The first kappa shape index (κ1) is 34.8. The summed E-state index contributed by atoms with van der Waals surface area (Å²) in [5, 5.41) is 22.6. The van der Waals surface area contributed by atoms with Crippen LogP contribution in [-0.2, 0) is 4.79 Å². The monoisotopic (exact) mass is 513 g/mol.